The van der Waals surface area contributed by atoms with Crippen LogP contribution in [0.2, 0.25) is 0 Å². The average molecular weight is 552 g/mol. The number of hydrogen-bond acceptors (Lipinski definition) is 7. The monoisotopic (exact) mass is 551 g/mol. The first-order valence-corrected chi connectivity index (χ1v) is 14.0. The summed E-state index contributed by atoms with van der Waals surface area (Å²) in [4.78, 5) is 27.4. The van der Waals surface area contributed by atoms with Crippen LogP contribution in [-0.2, 0) is 27.8 Å². The van der Waals surface area contributed by atoms with Crippen molar-refractivity contribution < 1.29 is 27.7 Å². The van der Waals surface area contributed by atoms with Gasteiger partial charge in [-0.1, -0.05) is 39.0 Å². The number of unbranched alkanes of at least 4 members (excludes halogenated alkanes) is 4. The molecule has 0 aliphatic carbocycles. The Morgan fingerprint density at radius 3 is 2.18 bits per heavy atom. The van der Waals surface area contributed by atoms with E-state index in [1.54, 1.807) is 0 Å². The quantitative estimate of drug-likeness (QED) is 0.192. The minimum Gasteiger partial charge on any atom is -0.303 e. The van der Waals surface area contributed by atoms with Crippen molar-refractivity contribution in [3.8, 4) is 6.07 Å². The average Bonchev–Trinajstić information content (AvgIpc) is 3.54. The number of nitriles is 1. The van der Waals surface area contributed by atoms with Crippen molar-refractivity contribution in [1.82, 2.24) is 29.5 Å². The molecule has 0 fully saturated rings. The van der Waals surface area contributed by atoms with Gasteiger partial charge in [0.2, 0.25) is 0 Å². The zero-order valence-electron chi connectivity index (χ0n) is 21.2. The fourth-order valence-electron chi connectivity index (χ4n) is 4.62. The molecule has 3 aromatic rings. The van der Waals surface area contributed by atoms with E-state index in [0.29, 0.717) is 18.9 Å². The number of benzene rings is 1. The second-order valence-electron chi connectivity index (χ2n) is 9.21. The Kier molecular flexibility index (Phi) is 10.6. The number of rotatable bonds is 16. The molecule has 0 radical (unpaired) electrons. The van der Waals surface area contributed by atoms with Crippen LogP contribution in [0.4, 0.5) is 8.78 Å². The van der Waals surface area contributed by atoms with Crippen LogP contribution in [0.5, 0.6) is 0 Å². The molecule has 11 nitrogen and oxygen atoms in total. The van der Waals surface area contributed by atoms with Gasteiger partial charge >= 0.3 is 7.82 Å². The maximum absolute atomic E-state index is 15.5. The van der Waals surface area contributed by atoms with Crippen LogP contribution in [0.3, 0.4) is 0 Å². The molecule has 14 heteroatoms. The molecule has 0 aliphatic rings. The third kappa shape index (κ3) is 8.23. The zero-order chi connectivity index (χ0) is 27.6. The van der Waals surface area contributed by atoms with E-state index in [2.05, 4.69) is 33.2 Å². The molecule has 1 unspecified atom stereocenters. The first-order chi connectivity index (χ1) is 18.2. The molecule has 0 aliphatic heterocycles. The van der Waals surface area contributed by atoms with E-state index in [4.69, 9.17) is 4.52 Å². The van der Waals surface area contributed by atoms with Gasteiger partial charge in [-0.3, -0.25) is 4.52 Å². The van der Waals surface area contributed by atoms with Crippen LogP contribution < -0.4 is 0 Å². The van der Waals surface area contributed by atoms with Crippen LogP contribution in [-0.4, -0.2) is 39.3 Å². The summed E-state index contributed by atoms with van der Waals surface area (Å²) in [6.45, 7) is 1.36. The van der Waals surface area contributed by atoms with Crippen molar-refractivity contribution in [2.45, 2.75) is 82.9 Å². The number of phosphoric ester groups is 1. The maximum atomic E-state index is 15.5. The first kappa shape index (κ1) is 29.5. The van der Waals surface area contributed by atoms with Gasteiger partial charge in [-0.25, -0.2) is 32.7 Å². The van der Waals surface area contributed by atoms with Crippen molar-refractivity contribution in [3.05, 3.63) is 60.2 Å². The van der Waals surface area contributed by atoms with Gasteiger partial charge in [0.25, 0.3) is 0 Å². The van der Waals surface area contributed by atoms with Crippen molar-refractivity contribution in [3.63, 3.8) is 0 Å². The van der Waals surface area contributed by atoms with E-state index in [-0.39, 0.29) is 30.6 Å². The predicted molar refractivity (Wildman–Crippen MR) is 132 cm³/mol. The Balaban J connectivity index is 2.11. The molecule has 38 heavy (non-hydrogen) atoms. The highest BCUT2D eigenvalue weighted by Gasteiger charge is 2.44. The van der Waals surface area contributed by atoms with Gasteiger partial charge in [0.05, 0.1) is 19.2 Å². The lowest BCUT2D eigenvalue weighted by molar-refractivity contribution is -0.00835. The molecule has 2 aromatic heterocycles. The van der Waals surface area contributed by atoms with Crippen molar-refractivity contribution in [2.24, 2.45) is 0 Å². The van der Waals surface area contributed by atoms with E-state index < -0.39 is 31.0 Å². The Morgan fingerprint density at radius 1 is 1.03 bits per heavy atom. The number of phosphoric acid groups is 1. The lowest BCUT2D eigenvalue weighted by Gasteiger charge is -2.34. The first-order valence-electron chi connectivity index (χ1n) is 12.4. The standard InChI is InChI=1S/C24H32F2N7O4P/c1-2-3-4-5-6-8-19(9-7-10-27)20-11-21(23(26)12-22(20)25)24(37-38(34,35)36,13-32-17-28-15-30-32)14-33-18-29-16-31-33/h11-12,15-19H,2-9,13-14H2,1H3,(H2,34,35,36). The summed E-state index contributed by atoms with van der Waals surface area (Å²) in [5, 5.41) is 17.2. The van der Waals surface area contributed by atoms with E-state index in [9.17, 15) is 19.6 Å². The van der Waals surface area contributed by atoms with Crippen molar-refractivity contribution in [1.29, 1.82) is 5.26 Å². The fraction of sp³-hybridized carbons (Fsp3) is 0.542. The van der Waals surface area contributed by atoms with Crippen molar-refractivity contribution in [2.75, 3.05) is 0 Å². The largest absolute Gasteiger partial charge is 0.470 e. The smallest absolute Gasteiger partial charge is 0.303 e. The molecule has 2 heterocycles. The number of hydrogen-bond donors (Lipinski definition) is 2. The van der Waals surface area contributed by atoms with Crippen LogP contribution in [0, 0.1) is 23.0 Å². The molecule has 0 saturated heterocycles. The third-order valence-electron chi connectivity index (χ3n) is 6.34. The van der Waals surface area contributed by atoms with E-state index >= 15 is 8.78 Å². The summed E-state index contributed by atoms with van der Waals surface area (Å²) < 4.78 is 50.7. The Labute approximate surface area is 219 Å². The number of aromatic nitrogens is 6. The Morgan fingerprint density at radius 2 is 1.66 bits per heavy atom. The summed E-state index contributed by atoms with van der Waals surface area (Å²) in [5.41, 5.74) is -2.20. The molecule has 1 atom stereocenters. The molecule has 0 spiro atoms. The second kappa shape index (κ2) is 13.7. The van der Waals surface area contributed by atoms with Gasteiger partial charge in [0.15, 0.2) is 0 Å². The maximum Gasteiger partial charge on any atom is 0.470 e. The molecule has 3 rings (SSSR count). The minimum atomic E-state index is -5.23. The normalized spacial score (nSPS) is 12.9. The molecular weight excluding hydrogens is 519 g/mol. The second-order valence-corrected chi connectivity index (χ2v) is 10.4. The van der Waals surface area contributed by atoms with Gasteiger partial charge in [-0.15, -0.1) is 0 Å². The van der Waals surface area contributed by atoms with Crippen LogP contribution >= 0.6 is 7.82 Å². The SMILES string of the molecule is CCCCCCCC(CCC#N)c1cc(C(Cn2cncn2)(Cn2cncn2)OP(=O)(O)O)c(F)cc1F. The summed E-state index contributed by atoms with van der Waals surface area (Å²) in [5.74, 6) is -2.25. The van der Waals surface area contributed by atoms with Crippen LogP contribution in [0.1, 0.15) is 75.3 Å². The highest BCUT2D eigenvalue weighted by Crippen LogP contribution is 2.48. The van der Waals surface area contributed by atoms with E-state index in [1.165, 1.54) is 40.7 Å². The van der Waals surface area contributed by atoms with Gasteiger partial charge in [-0.2, -0.15) is 15.5 Å². The number of nitrogens with zero attached hydrogens (tertiary/aromatic N) is 7. The molecular formula is C24H32F2N7O4P. The van der Waals surface area contributed by atoms with E-state index in [0.717, 1.165) is 32.1 Å². The molecule has 0 saturated carbocycles. The van der Waals surface area contributed by atoms with Gasteiger partial charge in [0.1, 0.15) is 42.5 Å². The highest BCUT2D eigenvalue weighted by atomic mass is 31.2. The Hall–Kier alpha value is -3.04. The summed E-state index contributed by atoms with van der Waals surface area (Å²) in [7, 11) is -5.23. The molecule has 0 amide bonds. The topological polar surface area (TPSA) is 152 Å². The lowest BCUT2D eigenvalue weighted by atomic mass is 9.84. The molecule has 1 aromatic carbocycles. The van der Waals surface area contributed by atoms with Gasteiger partial charge in [-0.05, 0) is 30.4 Å². The predicted octanol–water partition coefficient (Wildman–Crippen LogP) is 4.60. The highest BCUT2D eigenvalue weighted by molar-refractivity contribution is 7.46. The third-order valence-corrected chi connectivity index (χ3v) is 6.93. The summed E-state index contributed by atoms with van der Waals surface area (Å²) in [6.07, 6.45) is 11.0. The molecule has 206 valence electrons. The summed E-state index contributed by atoms with van der Waals surface area (Å²) in [6, 6.07) is 4.03. The molecule has 0 bridgehead atoms. The molecule has 2 N–H and O–H groups in total. The summed E-state index contributed by atoms with van der Waals surface area (Å²) >= 11 is 0. The Bertz CT molecular complexity index is 1190. The van der Waals surface area contributed by atoms with Crippen LogP contribution in [0.15, 0.2) is 37.4 Å². The van der Waals surface area contributed by atoms with Gasteiger partial charge in [0, 0.05) is 18.1 Å². The van der Waals surface area contributed by atoms with E-state index in [1.807, 2.05) is 0 Å². The minimum absolute atomic E-state index is 0.156. The zero-order valence-corrected chi connectivity index (χ0v) is 22.1. The van der Waals surface area contributed by atoms with Crippen molar-refractivity contribution >= 4 is 7.82 Å². The van der Waals surface area contributed by atoms with Crippen LogP contribution in [0.25, 0.3) is 0 Å². The van der Waals surface area contributed by atoms with Gasteiger partial charge < -0.3 is 9.79 Å². The fourth-order valence-corrected chi connectivity index (χ4v) is 5.29. The number of halogens is 2. The lowest BCUT2D eigenvalue weighted by Crippen LogP contribution is -2.40.